The van der Waals surface area contributed by atoms with Crippen LogP contribution in [0.25, 0.3) is 10.2 Å². The van der Waals surface area contributed by atoms with Crippen molar-refractivity contribution >= 4 is 39.3 Å². The van der Waals surface area contributed by atoms with Crippen LogP contribution in [0.1, 0.15) is 46.0 Å². The molecule has 0 saturated heterocycles. The number of allylic oxidation sites excluding steroid dienone is 1. The van der Waals surface area contributed by atoms with Gasteiger partial charge in [-0.15, -0.1) is 6.58 Å². The zero-order valence-electron chi connectivity index (χ0n) is 16.8. The van der Waals surface area contributed by atoms with Gasteiger partial charge in [0.2, 0.25) is 0 Å². The Bertz CT molecular complexity index is 1230. The first kappa shape index (κ1) is 20.0. The predicted octanol–water partition coefficient (Wildman–Crippen LogP) is 3.74. The molecule has 0 aliphatic carbocycles. The summed E-state index contributed by atoms with van der Waals surface area (Å²) in [5.41, 5.74) is 2.81. The third-order valence-electron chi connectivity index (χ3n) is 5.08. The van der Waals surface area contributed by atoms with Crippen LogP contribution in [0.3, 0.4) is 0 Å². The van der Waals surface area contributed by atoms with Gasteiger partial charge in [0.1, 0.15) is 6.54 Å². The van der Waals surface area contributed by atoms with E-state index in [1.54, 1.807) is 30.3 Å². The summed E-state index contributed by atoms with van der Waals surface area (Å²) < 4.78 is 2.94. The van der Waals surface area contributed by atoms with E-state index in [1.807, 2.05) is 10.6 Å². The minimum atomic E-state index is -0.544. The summed E-state index contributed by atoms with van der Waals surface area (Å²) in [4.78, 5) is 43.4. The Balaban J connectivity index is 1.68. The fourth-order valence-electron chi connectivity index (χ4n) is 3.50. The van der Waals surface area contributed by atoms with Gasteiger partial charge in [0.15, 0.2) is 4.80 Å². The molecule has 0 fully saturated rings. The smallest absolute Gasteiger partial charge is 0.268 e. The Labute approximate surface area is 177 Å². The van der Waals surface area contributed by atoms with E-state index in [2.05, 4.69) is 37.6 Å². The number of rotatable bonds is 5. The van der Waals surface area contributed by atoms with Gasteiger partial charge in [-0.05, 0) is 35.7 Å². The summed E-state index contributed by atoms with van der Waals surface area (Å²) >= 11 is 1.41. The summed E-state index contributed by atoms with van der Waals surface area (Å²) in [6, 6.07) is 12.8. The molecule has 0 atom stereocenters. The highest BCUT2D eigenvalue weighted by Gasteiger charge is 2.36. The van der Waals surface area contributed by atoms with Gasteiger partial charge in [-0.25, -0.2) is 0 Å². The zero-order valence-corrected chi connectivity index (χ0v) is 17.6. The lowest BCUT2D eigenvalue weighted by Gasteiger charge is -2.10. The second-order valence-corrected chi connectivity index (χ2v) is 8.42. The highest BCUT2D eigenvalue weighted by atomic mass is 32.1. The molecule has 1 aliphatic heterocycles. The maximum Gasteiger partial charge on any atom is 0.268 e. The zero-order chi connectivity index (χ0) is 21.4. The Morgan fingerprint density at radius 2 is 1.80 bits per heavy atom. The molecule has 152 valence electrons. The monoisotopic (exact) mass is 419 g/mol. The third kappa shape index (κ3) is 3.41. The van der Waals surface area contributed by atoms with Crippen LogP contribution in [0.5, 0.6) is 0 Å². The van der Waals surface area contributed by atoms with Gasteiger partial charge in [0.05, 0.1) is 21.3 Å². The number of hydrogen-bond acceptors (Lipinski definition) is 4. The maximum atomic E-state index is 12.7. The summed E-state index contributed by atoms with van der Waals surface area (Å²) in [6.07, 6.45) is 1.75. The number of benzene rings is 2. The molecule has 2 aromatic carbocycles. The highest BCUT2D eigenvalue weighted by molar-refractivity contribution is 7.16. The Morgan fingerprint density at radius 3 is 2.40 bits per heavy atom. The van der Waals surface area contributed by atoms with Crippen LogP contribution in [0, 0.1) is 0 Å². The fraction of sp³-hybridized carbons (Fsp3) is 0.217. The van der Waals surface area contributed by atoms with Gasteiger partial charge in [0.25, 0.3) is 17.7 Å². The molecule has 0 N–H and O–H groups in total. The van der Waals surface area contributed by atoms with Crippen LogP contribution in [0.4, 0.5) is 0 Å². The summed E-state index contributed by atoms with van der Waals surface area (Å²) in [7, 11) is 0. The maximum absolute atomic E-state index is 12.7. The van der Waals surface area contributed by atoms with Gasteiger partial charge in [-0.3, -0.25) is 19.3 Å². The lowest BCUT2D eigenvalue weighted by atomic mass is 10.0. The molecule has 0 saturated carbocycles. The summed E-state index contributed by atoms with van der Waals surface area (Å²) in [5, 5.41) is 0. The molecule has 2 heterocycles. The van der Waals surface area contributed by atoms with Crippen molar-refractivity contribution in [1.29, 1.82) is 0 Å². The number of amides is 3. The van der Waals surface area contributed by atoms with Crippen LogP contribution < -0.4 is 4.80 Å². The second-order valence-electron chi connectivity index (χ2n) is 7.41. The standard InChI is InChI=1S/C23H21N3O3S/c1-4-11-25-18-10-9-15(14(2)3)12-19(18)30-23(25)24-20(27)13-26-21(28)16-7-5-6-8-17(16)22(26)29/h4-10,12,14H,1,11,13H2,2-3H3. The normalized spacial score (nSPS) is 14.1. The molecule has 0 bridgehead atoms. The quantitative estimate of drug-likeness (QED) is 0.467. The summed E-state index contributed by atoms with van der Waals surface area (Å²) in [5.74, 6) is -1.08. The number of carbonyl (C=O) groups excluding carboxylic acids is 3. The molecule has 4 rings (SSSR count). The number of fused-ring (bicyclic) bond motifs is 2. The molecular formula is C23H21N3O3S. The number of nitrogens with zero attached hydrogens (tertiary/aromatic N) is 3. The SMILES string of the molecule is C=CCn1c(=NC(=O)CN2C(=O)c3ccccc3C2=O)sc2cc(C(C)C)ccc21. The molecule has 3 amide bonds. The van der Waals surface area contributed by atoms with Crippen molar-refractivity contribution in [3.8, 4) is 0 Å². The van der Waals surface area contributed by atoms with Crippen molar-refractivity contribution in [2.45, 2.75) is 26.3 Å². The minimum absolute atomic E-state index is 0.320. The first-order valence-electron chi connectivity index (χ1n) is 9.67. The molecule has 0 spiro atoms. The van der Waals surface area contributed by atoms with E-state index in [1.165, 1.54) is 16.9 Å². The van der Waals surface area contributed by atoms with Crippen molar-refractivity contribution in [3.05, 3.63) is 76.6 Å². The number of imide groups is 1. The second kappa shape index (κ2) is 7.84. The van der Waals surface area contributed by atoms with E-state index >= 15 is 0 Å². The van der Waals surface area contributed by atoms with Gasteiger partial charge in [0, 0.05) is 6.54 Å². The Morgan fingerprint density at radius 1 is 1.13 bits per heavy atom. The number of hydrogen-bond donors (Lipinski definition) is 0. The van der Waals surface area contributed by atoms with Crippen molar-refractivity contribution < 1.29 is 14.4 Å². The van der Waals surface area contributed by atoms with E-state index in [9.17, 15) is 14.4 Å². The number of aromatic nitrogens is 1. The van der Waals surface area contributed by atoms with Crippen LogP contribution in [0.15, 0.2) is 60.1 Å². The molecule has 6 nitrogen and oxygen atoms in total. The van der Waals surface area contributed by atoms with E-state index in [0.717, 1.165) is 15.1 Å². The van der Waals surface area contributed by atoms with E-state index in [4.69, 9.17) is 0 Å². The Kier molecular flexibility index (Phi) is 5.22. The van der Waals surface area contributed by atoms with Crippen LogP contribution >= 0.6 is 11.3 Å². The van der Waals surface area contributed by atoms with Crippen molar-refractivity contribution in [1.82, 2.24) is 9.47 Å². The van der Waals surface area contributed by atoms with E-state index in [0.29, 0.717) is 28.4 Å². The topological polar surface area (TPSA) is 71.7 Å². The van der Waals surface area contributed by atoms with Crippen molar-refractivity contribution in [2.75, 3.05) is 6.54 Å². The number of carbonyl (C=O) groups is 3. The molecule has 30 heavy (non-hydrogen) atoms. The van der Waals surface area contributed by atoms with E-state index < -0.39 is 17.7 Å². The molecule has 1 aliphatic rings. The lowest BCUT2D eigenvalue weighted by Crippen LogP contribution is -2.35. The first-order valence-corrected chi connectivity index (χ1v) is 10.5. The highest BCUT2D eigenvalue weighted by Crippen LogP contribution is 2.24. The van der Waals surface area contributed by atoms with Crippen molar-refractivity contribution in [3.63, 3.8) is 0 Å². The molecule has 1 aromatic heterocycles. The van der Waals surface area contributed by atoms with E-state index in [-0.39, 0.29) is 6.54 Å². The molecular weight excluding hydrogens is 398 g/mol. The average molecular weight is 420 g/mol. The Hall–Kier alpha value is -3.32. The van der Waals surface area contributed by atoms with Crippen molar-refractivity contribution in [2.24, 2.45) is 4.99 Å². The van der Waals surface area contributed by atoms with Gasteiger partial charge >= 0.3 is 0 Å². The largest absolute Gasteiger partial charge is 0.313 e. The van der Waals surface area contributed by atoms with Crippen LogP contribution in [-0.2, 0) is 11.3 Å². The lowest BCUT2D eigenvalue weighted by molar-refractivity contribution is -0.118. The molecule has 3 aromatic rings. The first-order chi connectivity index (χ1) is 14.4. The minimum Gasteiger partial charge on any atom is -0.313 e. The van der Waals surface area contributed by atoms with Gasteiger partial charge in [-0.2, -0.15) is 4.99 Å². The van der Waals surface area contributed by atoms with Crippen LogP contribution in [-0.4, -0.2) is 33.7 Å². The molecule has 0 unspecified atom stereocenters. The number of thiazole rings is 1. The van der Waals surface area contributed by atoms with Gasteiger partial charge < -0.3 is 4.57 Å². The third-order valence-corrected chi connectivity index (χ3v) is 6.12. The molecule has 7 heteroatoms. The van der Waals surface area contributed by atoms with Gasteiger partial charge in [-0.1, -0.05) is 49.5 Å². The predicted molar refractivity (Wildman–Crippen MR) is 116 cm³/mol. The average Bonchev–Trinajstić information content (AvgIpc) is 3.18. The summed E-state index contributed by atoms with van der Waals surface area (Å²) in [6.45, 7) is 8.17. The van der Waals surface area contributed by atoms with Crippen LogP contribution in [0.2, 0.25) is 0 Å². The molecule has 0 radical (unpaired) electrons. The fourth-order valence-corrected chi connectivity index (χ4v) is 4.60.